The zero-order chi connectivity index (χ0) is 21.5. The number of carbonyl (C=O) groups is 3. The minimum atomic E-state index is -1.25. The summed E-state index contributed by atoms with van der Waals surface area (Å²) < 4.78 is 18.8. The third-order valence-electron chi connectivity index (χ3n) is 7.28. The molecule has 4 aliphatic rings. The third-order valence-corrected chi connectivity index (χ3v) is 7.28. The smallest absolute Gasteiger partial charge is 0.250 e. The van der Waals surface area contributed by atoms with Crippen molar-refractivity contribution >= 4 is 29.1 Å². The summed E-state index contributed by atoms with van der Waals surface area (Å²) in [5.74, 6) is -2.34. The molecule has 3 amide bonds. The van der Waals surface area contributed by atoms with Gasteiger partial charge in [0.2, 0.25) is 17.7 Å². The first kappa shape index (κ1) is 18.5. The summed E-state index contributed by atoms with van der Waals surface area (Å²) in [5, 5.41) is 2.94. The Bertz CT molecular complexity index is 1150. The summed E-state index contributed by atoms with van der Waals surface area (Å²) >= 11 is 0. The van der Waals surface area contributed by atoms with Gasteiger partial charge >= 0.3 is 0 Å². The van der Waals surface area contributed by atoms with Crippen LogP contribution in [0.3, 0.4) is 0 Å². The monoisotopic (exact) mass is 421 g/mol. The summed E-state index contributed by atoms with van der Waals surface area (Å²) in [5.41, 5.74) is 0.391. The fourth-order valence-electron chi connectivity index (χ4n) is 6.15. The number of halogens is 1. The standard InChI is InChI=1S/C23H20FN3O4/c1-31-14-8-9-16-15(11-14)23(22(30)25-16)19-18(17-3-2-10-26(17)23)20(28)27(21(19)29)13-6-4-12(24)5-7-13/h4-9,11,17-19H,2-3,10H2,1H3,(H,25,30)/t17-,18-,19-,23-/m1/s1. The third kappa shape index (κ3) is 2.13. The Balaban J connectivity index is 1.55. The molecular weight excluding hydrogens is 401 g/mol. The van der Waals surface area contributed by atoms with Crippen molar-refractivity contribution in [3.8, 4) is 5.75 Å². The number of anilines is 2. The highest BCUT2D eigenvalue weighted by atomic mass is 19.1. The molecule has 0 radical (unpaired) electrons. The van der Waals surface area contributed by atoms with Gasteiger partial charge in [-0.05, 0) is 61.9 Å². The van der Waals surface area contributed by atoms with Gasteiger partial charge in [0, 0.05) is 17.3 Å². The highest BCUT2D eigenvalue weighted by molar-refractivity contribution is 6.25. The largest absolute Gasteiger partial charge is 0.497 e. The lowest BCUT2D eigenvalue weighted by atomic mass is 9.75. The predicted molar refractivity (Wildman–Crippen MR) is 109 cm³/mol. The molecule has 4 atom stereocenters. The molecule has 7 nitrogen and oxygen atoms in total. The molecule has 2 aromatic rings. The van der Waals surface area contributed by atoms with Gasteiger partial charge in [0.1, 0.15) is 17.1 Å². The Labute approximate surface area is 177 Å². The van der Waals surface area contributed by atoms with Crippen molar-refractivity contribution in [2.75, 3.05) is 23.9 Å². The van der Waals surface area contributed by atoms with E-state index < -0.39 is 29.1 Å². The van der Waals surface area contributed by atoms with E-state index in [9.17, 15) is 18.8 Å². The predicted octanol–water partition coefficient (Wildman–Crippen LogP) is 2.27. The minimum absolute atomic E-state index is 0.199. The molecule has 1 spiro atoms. The highest BCUT2D eigenvalue weighted by Gasteiger charge is 2.74. The molecule has 4 aliphatic heterocycles. The number of benzene rings is 2. The second-order valence-corrected chi connectivity index (χ2v) is 8.53. The van der Waals surface area contributed by atoms with E-state index in [1.165, 1.54) is 24.3 Å². The van der Waals surface area contributed by atoms with Crippen LogP contribution in [-0.2, 0) is 19.9 Å². The molecule has 0 unspecified atom stereocenters. The maximum atomic E-state index is 13.8. The Hall–Kier alpha value is -3.26. The van der Waals surface area contributed by atoms with Crippen LogP contribution in [0.1, 0.15) is 18.4 Å². The van der Waals surface area contributed by atoms with Crippen LogP contribution >= 0.6 is 0 Å². The van der Waals surface area contributed by atoms with Crippen molar-refractivity contribution < 1.29 is 23.5 Å². The molecule has 0 aromatic heterocycles. The van der Waals surface area contributed by atoms with Gasteiger partial charge in [-0.1, -0.05) is 0 Å². The number of methoxy groups -OCH3 is 1. The van der Waals surface area contributed by atoms with Gasteiger partial charge in [-0.25, -0.2) is 9.29 Å². The SMILES string of the molecule is COc1ccc2c(c1)[C@]1(C(=O)N2)[C@H]2C(=O)N(c3ccc(F)cc3)C(=O)[C@@H]2[C@H]2CCCN21. The van der Waals surface area contributed by atoms with Crippen LogP contribution in [0.5, 0.6) is 5.75 Å². The van der Waals surface area contributed by atoms with E-state index in [2.05, 4.69) is 10.2 Å². The molecule has 3 fully saturated rings. The highest BCUT2D eigenvalue weighted by Crippen LogP contribution is 2.61. The van der Waals surface area contributed by atoms with E-state index in [4.69, 9.17) is 4.74 Å². The van der Waals surface area contributed by atoms with Crippen molar-refractivity contribution in [1.29, 1.82) is 0 Å². The van der Waals surface area contributed by atoms with Crippen LogP contribution in [0.4, 0.5) is 15.8 Å². The number of ether oxygens (including phenoxy) is 1. The van der Waals surface area contributed by atoms with E-state index in [1.807, 2.05) is 0 Å². The number of amides is 3. The fraction of sp³-hybridized carbons (Fsp3) is 0.348. The van der Waals surface area contributed by atoms with Gasteiger partial charge in [-0.2, -0.15) is 0 Å². The zero-order valence-electron chi connectivity index (χ0n) is 16.8. The molecule has 31 heavy (non-hydrogen) atoms. The van der Waals surface area contributed by atoms with Crippen LogP contribution in [0, 0.1) is 17.7 Å². The summed E-state index contributed by atoms with van der Waals surface area (Å²) in [4.78, 5) is 44.0. The molecule has 158 valence electrons. The Morgan fingerprint density at radius 2 is 1.87 bits per heavy atom. The first-order valence-electron chi connectivity index (χ1n) is 10.4. The van der Waals surface area contributed by atoms with Gasteiger partial charge in [0.25, 0.3) is 0 Å². The van der Waals surface area contributed by atoms with Crippen molar-refractivity contribution in [1.82, 2.24) is 4.90 Å². The molecule has 2 aromatic carbocycles. The van der Waals surface area contributed by atoms with Crippen LogP contribution in [0.15, 0.2) is 42.5 Å². The number of imide groups is 1. The average Bonchev–Trinajstić information content (AvgIpc) is 3.47. The van der Waals surface area contributed by atoms with Crippen molar-refractivity contribution in [2.45, 2.75) is 24.4 Å². The lowest BCUT2D eigenvalue weighted by Crippen LogP contribution is -2.54. The van der Waals surface area contributed by atoms with Crippen LogP contribution < -0.4 is 15.0 Å². The van der Waals surface area contributed by atoms with E-state index in [1.54, 1.807) is 25.3 Å². The van der Waals surface area contributed by atoms with E-state index >= 15 is 0 Å². The molecule has 6 rings (SSSR count). The Kier molecular flexibility index (Phi) is 3.66. The van der Waals surface area contributed by atoms with Gasteiger partial charge in [-0.3, -0.25) is 19.3 Å². The van der Waals surface area contributed by atoms with Gasteiger partial charge in [-0.15, -0.1) is 0 Å². The zero-order valence-corrected chi connectivity index (χ0v) is 16.8. The summed E-state index contributed by atoms with van der Waals surface area (Å²) in [6, 6.07) is 10.4. The van der Waals surface area contributed by atoms with Crippen LogP contribution in [0.25, 0.3) is 0 Å². The number of carbonyl (C=O) groups excluding carboxylic acids is 3. The Morgan fingerprint density at radius 1 is 1.10 bits per heavy atom. The number of hydrogen-bond acceptors (Lipinski definition) is 5. The topological polar surface area (TPSA) is 79.0 Å². The molecule has 1 N–H and O–H groups in total. The molecular formula is C23H20FN3O4. The van der Waals surface area contributed by atoms with Crippen LogP contribution in [-0.4, -0.2) is 42.3 Å². The molecule has 4 heterocycles. The molecule has 3 saturated heterocycles. The molecule has 0 saturated carbocycles. The van der Waals surface area contributed by atoms with Crippen molar-refractivity contribution in [3.05, 3.63) is 53.8 Å². The lowest BCUT2D eigenvalue weighted by molar-refractivity contribution is -0.135. The van der Waals surface area contributed by atoms with Crippen molar-refractivity contribution in [3.63, 3.8) is 0 Å². The maximum Gasteiger partial charge on any atom is 0.250 e. The summed E-state index contributed by atoms with van der Waals surface area (Å²) in [6.07, 6.45) is 1.59. The second kappa shape index (κ2) is 6.13. The van der Waals surface area contributed by atoms with E-state index in [0.717, 1.165) is 17.7 Å². The van der Waals surface area contributed by atoms with Gasteiger partial charge in [0.05, 0.1) is 24.6 Å². The van der Waals surface area contributed by atoms with E-state index in [0.29, 0.717) is 29.2 Å². The van der Waals surface area contributed by atoms with Crippen LogP contribution in [0.2, 0.25) is 0 Å². The number of nitrogens with one attached hydrogen (secondary N) is 1. The number of nitrogens with zero attached hydrogens (tertiary/aromatic N) is 2. The number of rotatable bonds is 2. The van der Waals surface area contributed by atoms with Gasteiger partial charge < -0.3 is 10.1 Å². The maximum absolute atomic E-state index is 13.8. The van der Waals surface area contributed by atoms with Gasteiger partial charge in [0.15, 0.2) is 0 Å². The average molecular weight is 421 g/mol. The summed E-state index contributed by atoms with van der Waals surface area (Å²) in [7, 11) is 1.55. The number of hydrogen-bond donors (Lipinski definition) is 1. The minimum Gasteiger partial charge on any atom is -0.497 e. The van der Waals surface area contributed by atoms with E-state index in [-0.39, 0.29) is 17.9 Å². The first-order chi connectivity index (χ1) is 15.0. The first-order valence-corrected chi connectivity index (χ1v) is 10.4. The Morgan fingerprint density at radius 3 is 2.61 bits per heavy atom. The lowest BCUT2D eigenvalue weighted by Gasteiger charge is -2.36. The fourth-order valence-corrected chi connectivity index (χ4v) is 6.15. The normalized spacial score (nSPS) is 31.2. The quantitative estimate of drug-likeness (QED) is 0.753. The second-order valence-electron chi connectivity index (χ2n) is 8.53. The molecule has 0 aliphatic carbocycles. The summed E-state index contributed by atoms with van der Waals surface area (Å²) in [6.45, 7) is 0.638. The molecule has 0 bridgehead atoms. The van der Waals surface area contributed by atoms with Crippen molar-refractivity contribution in [2.24, 2.45) is 11.8 Å². The number of fused-ring (bicyclic) bond motifs is 7. The molecule has 8 heteroatoms.